The van der Waals surface area contributed by atoms with Gasteiger partial charge in [0.25, 0.3) is 0 Å². The van der Waals surface area contributed by atoms with E-state index in [9.17, 15) is 19.0 Å². The molecule has 0 rings (SSSR count). The van der Waals surface area contributed by atoms with Crippen molar-refractivity contribution in [3.05, 3.63) is 0 Å². The standard InChI is InChI=1S/C14H27O6PS2.ClH/c1-13(2,3)11(15)22-9-7-19-21(17,18)20-8-10-23-12(16)14(4,5)6;/h7-10H2,1-6H3,(H,17,18);1H. The molecule has 0 aromatic heterocycles. The monoisotopic (exact) mass is 422 g/mol. The summed E-state index contributed by atoms with van der Waals surface area (Å²) in [5, 5.41) is -0.0150. The van der Waals surface area contributed by atoms with Gasteiger partial charge in [-0.05, 0) is 0 Å². The zero-order valence-corrected chi connectivity index (χ0v) is 18.3. The molecule has 1 N–H and O–H groups in total. The normalized spacial score (nSPS) is 12.6. The maximum absolute atomic E-state index is 11.7. The Kier molecular flexibility index (Phi) is 12.5. The smallest absolute Gasteiger partial charge is 0.302 e. The van der Waals surface area contributed by atoms with Crippen LogP contribution in [0.3, 0.4) is 0 Å². The molecular formula is C14H28ClO6PS2. The summed E-state index contributed by atoms with van der Waals surface area (Å²) >= 11 is 2.12. The molecule has 0 aliphatic carbocycles. The van der Waals surface area contributed by atoms with E-state index in [0.717, 1.165) is 23.5 Å². The molecule has 0 aliphatic rings. The molecule has 0 aromatic rings. The van der Waals surface area contributed by atoms with Crippen LogP contribution in [0, 0.1) is 10.8 Å². The lowest BCUT2D eigenvalue weighted by Crippen LogP contribution is -2.18. The third-order valence-electron chi connectivity index (χ3n) is 2.37. The van der Waals surface area contributed by atoms with Crippen LogP contribution in [-0.2, 0) is 23.2 Å². The number of phosphoric ester groups is 1. The van der Waals surface area contributed by atoms with Crippen molar-refractivity contribution in [1.82, 2.24) is 0 Å². The third kappa shape index (κ3) is 12.8. The summed E-state index contributed by atoms with van der Waals surface area (Å²) in [5.74, 6) is 0.558. The van der Waals surface area contributed by atoms with E-state index >= 15 is 0 Å². The highest BCUT2D eigenvalue weighted by Gasteiger charge is 2.25. The first kappa shape index (κ1) is 26.7. The first-order chi connectivity index (χ1) is 10.3. The molecule has 6 nitrogen and oxygen atoms in total. The average Bonchev–Trinajstić information content (AvgIpc) is 2.37. The summed E-state index contributed by atoms with van der Waals surface area (Å²) in [7, 11) is -4.14. The minimum atomic E-state index is -4.14. The Hall–Kier alpha value is 0.440. The van der Waals surface area contributed by atoms with Crippen molar-refractivity contribution in [2.24, 2.45) is 10.8 Å². The molecule has 0 radical (unpaired) electrons. The highest BCUT2D eigenvalue weighted by atomic mass is 35.5. The van der Waals surface area contributed by atoms with Gasteiger partial charge in [0.2, 0.25) is 0 Å². The quantitative estimate of drug-likeness (QED) is 0.460. The second kappa shape index (κ2) is 11.2. The zero-order chi connectivity index (χ0) is 18.3. The Labute approximate surface area is 159 Å². The molecular weight excluding hydrogens is 395 g/mol. The van der Waals surface area contributed by atoms with Gasteiger partial charge in [-0.2, -0.15) is 0 Å². The first-order valence-corrected chi connectivity index (χ1v) is 10.7. The van der Waals surface area contributed by atoms with E-state index in [1.807, 2.05) is 0 Å². The van der Waals surface area contributed by atoms with Crippen LogP contribution in [0.1, 0.15) is 41.5 Å². The Morgan fingerprint density at radius 2 is 1.17 bits per heavy atom. The summed E-state index contributed by atoms with van der Waals surface area (Å²) in [6, 6.07) is 0. The number of carbonyl (C=O) groups excluding carboxylic acids is 2. The summed E-state index contributed by atoms with van der Waals surface area (Å²) in [6.45, 7) is 10.7. The minimum absolute atomic E-state index is 0. The Morgan fingerprint density at radius 3 is 1.42 bits per heavy atom. The van der Waals surface area contributed by atoms with Crippen LogP contribution in [-0.4, -0.2) is 39.8 Å². The Morgan fingerprint density at radius 1 is 0.875 bits per heavy atom. The number of hydrogen-bond acceptors (Lipinski definition) is 7. The van der Waals surface area contributed by atoms with Crippen LogP contribution < -0.4 is 0 Å². The molecule has 0 saturated heterocycles. The van der Waals surface area contributed by atoms with Crippen molar-refractivity contribution in [2.75, 3.05) is 24.7 Å². The van der Waals surface area contributed by atoms with Crippen LogP contribution >= 0.6 is 43.8 Å². The van der Waals surface area contributed by atoms with Gasteiger partial charge in [0.15, 0.2) is 10.2 Å². The molecule has 10 heteroatoms. The Balaban J connectivity index is 0. The van der Waals surface area contributed by atoms with Crippen molar-refractivity contribution in [2.45, 2.75) is 41.5 Å². The van der Waals surface area contributed by atoms with Gasteiger partial charge in [-0.15, -0.1) is 12.4 Å². The molecule has 0 aliphatic heterocycles. The maximum Gasteiger partial charge on any atom is 0.472 e. The van der Waals surface area contributed by atoms with E-state index < -0.39 is 18.7 Å². The molecule has 144 valence electrons. The molecule has 0 bridgehead atoms. The topological polar surface area (TPSA) is 89.9 Å². The van der Waals surface area contributed by atoms with Gasteiger partial charge < -0.3 is 4.89 Å². The molecule has 0 spiro atoms. The van der Waals surface area contributed by atoms with Gasteiger partial charge in [0.1, 0.15) is 0 Å². The molecule has 0 atom stereocenters. The van der Waals surface area contributed by atoms with E-state index in [-0.39, 0.29) is 47.4 Å². The highest BCUT2D eigenvalue weighted by molar-refractivity contribution is 8.14. The number of thioether (sulfide) groups is 2. The van der Waals surface area contributed by atoms with Crippen molar-refractivity contribution in [1.29, 1.82) is 0 Å². The summed E-state index contributed by atoms with van der Waals surface area (Å²) in [6.07, 6.45) is 0. The van der Waals surface area contributed by atoms with Gasteiger partial charge in [-0.1, -0.05) is 65.1 Å². The molecule has 24 heavy (non-hydrogen) atoms. The zero-order valence-electron chi connectivity index (χ0n) is 15.0. The molecule has 0 saturated carbocycles. The predicted molar refractivity (Wildman–Crippen MR) is 103 cm³/mol. The second-order valence-corrected chi connectivity index (χ2v) is 10.5. The number of carbonyl (C=O) groups is 2. The van der Waals surface area contributed by atoms with Crippen molar-refractivity contribution in [3.63, 3.8) is 0 Å². The van der Waals surface area contributed by atoms with Gasteiger partial charge in [0.05, 0.1) is 13.2 Å². The van der Waals surface area contributed by atoms with E-state index in [1.165, 1.54) is 0 Å². The van der Waals surface area contributed by atoms with E-state index in [4.69, 9.17) is 9.05 Å². The predicted octanol–water partition coefficient (Wildman–Crippen LogP) is 4.15. The lowest BCUT2D eigenvalue weighted by atomic mass is 9.99. The van der Waals surface area contributed by atoms with Crippen molar-refractivity contribution < 1.29 is 28.1 Å². The third-order valence-corrected chi connectivity index (χ3v) is 5.88. The van der Waals surface area contributed by atoms with Gasteiger partial charge in [-0.25, -0.2) is 4.57 Å². The molecule has 0 unspecified atom stereocenters. The summed E-state index contributed by atoms with van der Waals surface area (Å²) in [5.41, 5.74) is -0.915. The van der Waals surface area contributed by atoms with E-state index in [1.54, 1.807) is 41.5 Å². The lowest BCUT2D eigenvalue weighted by molar-refractivity contribution is -0.118. The van der Waals surface area contributed by atoms with Crippen LogP contribution in [0.4, 0.5) is 0 Å². The van der Waals surface area contributed by atoms with Crippen LogP contribution in [0.15, 0.2) is 0 Å². The van der Waals surface area contributed by atoms with Crippen LogP contribution in [0.25, 0.3) is 0 Å². The lowest BCUT2D eigenvalue weighted by Gasteiger charge is -2.17. The van der Waals surface area contributed by atoms with Crippen LogP contribution in [0.2, 0.25) is 0 Å². The van der Waals surface area contributed by atoms with Crippen molar-refractivity contribution in [3.8, 4) is 0 Å². The number of phosphoric acid groups is 1. The Bertz CT molecular complexity index is 421. The van der Waals surface area contributed by atoms with Crippen molar-refractivity contribution >= 4 is 54.0 Å². The van der Waals surface area contributed by atoms with Crippen LogP contribution in [0.5, 0.6) is 0 Å². The second-order valence-electron chi connectivity index (χ2n) is 6.91. The van der Waals surface area contributed by atoms with E-state index in [0.29, 0.717) is 0 Å². The summed E-state index contributed by atoms with van der Waals surface area (Å²) < 4.78 is 21.2. The number of rotatable bonds is 8. The molecule has 0 heterocycles. The fourth-order valence-corrected chi connectivity index (χ4v) is 3.58. The minimum Gasteiger partial charge on any atom is -0.302 e. The van der Waals surface area contributed by atoms with Gasteiger partial charge in [0, 0.05) is 22.3 Å². The first-order valence-electron chi connectivity index (χ1n) is 7.22. The molecule has 0 aromatic carbocycles. The fourth-order valence-electron chi connectivity index (χ4n) is 1.04. The average molecular weight is 423 g/mol. The maximum atomic E-state index is 11.7. The van der Waals surface area contributed by atoms with E-state index in [2.05, 4.69) is 0 Å². The highest BCUT2D eigenvalue weighted by Crippen LogP contribution is 2.43. The summed E-state index contributed by atoms with van der Waals surface area (Å²) in [4.78, 5) is 32.8. The van der Waals surface area contributed by atoms with Gasteiger partial charge in [-0.3, -0.25) is 18.6 Å². The SMILES string of the molecule is CC(C)(C)C(=O)SCCOP(=O)(O)OCCSC(=O)C(C)(C)C.Cl. The molecule has 0 fully saturated rings. The number of halogens is 1. The number of hydrogen-bond donors (Lipinski definition) is 1. The largest absolute Gasteiger partial charge is 0.472 e. The molecule has 0 amide bonds. The van der Waals surface area contributed by atoms with Gasteiger partial charge >= 0.3 is 7.82 Å². The fraction of sp³-hybridized carbons (Fsp3) is 0.857.